The molecule has 1 aromatic rings. The van der Waals surface area contributed by atoms with E-state index in [0.717, 1.165) is 12.8 Å². The first-order valence-electron chi connectivity index (χ1n) is 6.06. The molecule has 2 heterocycles. The maximum absolute atomic E-state index is 12.6. The topological polar surface area (TPSA) is 109 Å². The molecule has 1 aromatic heterocycles. The zero-order chi connectivity index (χ0) is 14.8. The molecule has 7 nitrogen and oxygen atoms in total. The Bertz CT molecular complexity index is 620. The molecule has 110 valence electrons. The molecule has 1 saturated heterocycles. The molecule has 2 rings (SSSR count). The summed E-state index contributed by atoms with van der Waals surface area (Å²) in [5.74, 6) is -0.0868. The fraction of sp³-hybridized carbons (Fsp3) is 0.455. The second-order valence-corrected chi connectivity index (χ2v) is 7.30. The van der Waals surface area contributed by atoms with Crippen LogP contribution < -0.4 is 5.73 Å². The maximum atomic E-state index is 12.6. The summed E-state index contributed by atoms with van der Waals surface area (Å²) in [5.41, 5.74) is 5.61. The van der Waals surface area contributed by atoms with Gasteiger partial charge in [-0.15, -0.1) is 0 Å². The molecule has 1 fully saturated rings. The number of rotatable bonds is 3. The van der Waals surface area contributed by atoms with Crippen LogP contribution in [-0.2, 0) is 10.0 Å². The number of halogens is 1. The number of nitrogens with zero attached hydrogens (tertiary/aromatic N) is 3. The average Bonchev–Trinajstić information content (AvgIpc) is 2.46. The molecule has 20 heavy (non-hydrogen) atoms. The third kappa shape index (κ3) is 2.94. The highest BCUT2D eigenvalue weighted by Gasteiger charge is 2.36. The molecular weight excluding hydrogens is 348 g/mol. The molecule has 9 heteroatoms. The predicted molar refractivity (Wildman–Crippen MR) is 76.9 cm³/mol. The Balaban J connectivity index is 2.41. The fourth-order valence-electron chi connectivity index (χ4n) is 2.22. The van der Waals surface area contributed by atoms with Crippen molar-refractivity contribution in [3.63, 3.8) is 0 Å². The van der Waals surface area contributed by atoms with E-state index in [-0.39, 0.29) is 10.7 Å². The van der Waals surface area contributed by atoms with E-state index in [0.29, 0.717) is 17.4 Å². The Morgan fingerprint density at radius 1 is 1.50 bits per heavy atom. The highest BCUT2D eigenvalue weighted by Crippen LogP contribution is 2.26. The Kier molecular flexibility index (Phi) is 4.61. The Labute approximate surface area is 125 Å². The number of pyridine rings is 1. The largest absolute Gasteiger partial charge is 0.409 e. The normalized spacial score (nSPS) is 21.9. The zero-order valence-corrected chi connectivity index (χ0v) is 13.0. The smallest absolute Gasteiger partial charge is 0.245 e. The highest BCUT2D eigenvalue weighted by atomic mass is 79.9. The van der Waals surface area contributed by atoms with Crippen LogP contribution in [-0.4, -0.2) is 41.3 Å². The fourth-order valence-corrected chi connectivity index (χ4v) is 4.40. The number of piperidine rings is 1. The summed E-state index contributed by atoms with van der Waals surface area (Å²) >= 11 is 3.20. The molecule has 3 N–H and O–H groups in total. The molecule has 1 atom stereocenters. The first-order valence-corrected chi connectivity index (χ1v) is 8.30. The minimum atomic E-state index is -3.72. The molecule has 0 bridgehead atoms. The third-order valence-corrected chi connectivity index (χ3v) is 5.50. The summed E-state index contributed by atoms with van der Waals surface area (Å²) in [5, 5.41) is 11.8. The van der Waals surface area contributed by atoms with Crippen LogP contribution in [0, 0.1) is 0 Å². The van der Waals surface area contributed by atoms with Crippen molar-refractivity contribution >= 4 is 31.8 Å². The van der Waals surface area contributed by atoms with Crippen LogP contribution in [0.15, 0.2) is 33.0 Å². The molecule has 1 aliphatic heterocycles. The summed E-state index contributed by atoms with van der Waals surface area (Å²) in [7, 11) is -3.72. The summed E-state index contributed by atoms with van der Waals surface area (Å²) in [4.78, 5) is 3.96. The van der Waals surface area contributed by atoms with Gasteiger partial charge in [0.15, 0.2) is 5.84 Å². The molecule has 0 aromatic carbocycles. The number of oxime groups is 1. The van der Waals surface area contributed by atoms with E-state index in [4.69, 9.17) is 10.9 Å². The van der Waals surface area contributed by atoms with Crippen LogP contribution in [0.4, 0.5) is 0 Å². The summed E-state index contributed by atoms with van der Waals surface area (Å²) in [6.07, 6.45) is 4.92. The van der Waals surface area contributed by atoms with Crippen molar-refractivity contribution < 1.29 is 13.6 Å². The predicted octanol–water partition coefficient (Wildman–Crippen LogP) is 1.13. The summed E-state index contributed by atoms with van der Waals surface area (Å²) in [6.45, 7) is 0.343. The van der Waals surface area contributed by atoms with Crippen molar-refractivity contribution in [2.45, 2.75) is 30.2 Å². The number of aromatic nitrogens is 1. The molecule has 0 spiro atoms. The molecule has 0 radical (unpaired) electrons. The van der Waals surface area contributed by atoms with E-state index in [9.17, 15) is 8.42 Å². The lowest BCUT2D eigenvalue weighted by atomic mass is 10.0. The molecule has 0 amide bonds. The van der Waals surface area contributed by atoms with Crippen molar-refractivity contribution in [2.24, 2.45) is 10.9 Å². The molecular formula is C11H15BrN4O3S. The second kappa shape index (κ2) is 6.06. The van der Waals surface area contributed by atoms with E-state index in [1.54, 1.807) is 0 Å². The van der Waals surface area contributed by atoms with Gasteiger partial charge in [0, 0.05) is 23.4 Å². The van der Waals surface area contributed by atoms with Crippen molar-refractivity contribution in [1.29, 1.82) is 0 Å². The van der Waals surface area contributed by atoms with Gasteiger partial charge in [0.05, 0.1) is 6.04 Å². The Morgan fingerprint density at radius 2 is 2.25 bits per heavy atom. The molecule has 0 aliphatic carbocycles. The Morgan fingerprint density at radius 3 is 2.90 bits per heavy atom. The maximum Gasteiger partial charge on any atom is 0.245 e. The van der Waals surface area contributed by atoms with E-state index in [1.807, 2.05) is 0 Å². The number of hydrogen-bond donors (Lipinski definition) is 2. The van der Waals surface area contributed by atoms with Crippen molar-refractivity contribution in [3.8, 4) is 0 Å². The van der Waals surface area contributed by atoms with Crippen LogP contribution in [0.25, 0.3) is 0 Å². The van der Waals surface area contributed by atoms with Gasteiger partial charge >= 0.3 is 0 Å². The van der Waals surface area contributed by atoms with Crippen LogP contribution in [0.2, 0.25) is 0 Å². The standard InChI is InChI=1S/C11H15BrN4O3S/c12-8-5-9(7-14-6-8)20(18,19)16-4-2-1-3-10(16)11(13)15-17/h5-7,10,17H,1-4H2,(H2,13,15). The monoisotopic (exact) mass is 362 g/mol. The van der Waals surface area contributed by atoms with Gasteiger partial charge in [-0.05, 0) is 34.8 Å². The van der Waals surface area contributed by atoms with E-state index >= 15 is 0 Å². The third-order valence-electron chi connectivity index (χ3n) is 3.20. The minimum Gasteiger partial charge on any atom is -0.409 e. The molecule has 1 aliphatic rings. The van der Waals surface area contributed by atoms with Crippen LogP contribution in [0.3, 0.4) is 0 Å². The first kappa shape index (κ1) is 15.2. The van der Waals surface area contributed by atoms with E-state index in [2.05, 4.69) is 26.1 Å². The van der Waals surface area contributed by atoms with Crippen LogP contribution in [0.1, 0.15) is 19.3 Å². The van der Waals surface area contributed by atoms with Gasteiger partial charge in [-0.1, -0.05) is 11.6 Å². The molecule has 1 unspecified atom stereocenters. The highest BCUT2D eigenvalue weighted by molar-refractivity contribution is 9.10. The lowest BCUT2D eigenvalue weighted by Gasteiger charge is -2.33. The lowest BCUT2D eigenvalue weighted by molar-refractivity contribution is 0.281. The van der Waals surface area contributed by atoms with Gasteiger partial charge < -0.3 is 10.9 Å². The van der Waals surface area contributed by atoms with E-state index < -0.39 is 16.1 Å². The minimum absolute atomic E-state index is 0.0868. The van der Waals surface area contributed by atoms with Gasteiger partial charge in [-0.2, -0.15) is 4.31 Å². The number of nitrogens with two attached hydrogens (primary N) is 1. The van der Waals surface area contributed by atoms with Gasteiger partial charge in [0.1, 0.15) is 4.90 Å². The number of amidine groups is 1. The number of hydrogen-bond acceptors (Lipinski definition) is 5. The Hall–Kier alpha value is -1.19. The van der Waals surface area contributed by atoms with Crippen molar-refractivity contribution in [3.05, 3.63) is 22.9 Å². The summed E-state index contributed by atoms with van der Waals surface area (Å²) in [6, 6.07) is 0.873. The van der Waals surface area contributed by atoms with Gasteiger partial charge in [0.2, 0.25) is 10.0 Å². The average molecular weight is 363 g/mol. The zero-order valence-electron chi connectivity index (χ0n) is 10.6. The van der Waals surface area contributed by atoms with E-state index in [1.165, 1.54) is 22.8 Å². The SMILES string of the molecule is NC(=NO)C1CCCCN1S(=O)(=O)c1cncc(Br)c1. The lowest BCUT2D eigenvalue weighted by Crippen LogP contribution is -2.50. The van der Waals surface area contributed by atoms with Crippen LogP contribution >= 0.6 is 15.9 Å². The van der Waals surface area contributed by atoms with Crippen molar-refractivity contribution in [2.75, 3.05) is 6.54 Å². The van der Waals surface area contributed by atoms with Gasteiger partial charge in [-0.25, -0.2) is 8.42 Å². The number of sulfonamides is 1. The van der Waals surface area contributed by atoms with Crippen molar-refractivity contribution in [1.82, 2.24) is 9.29 Å². The molecule has 0 saturated carbocycles. The quantitative estimate of drug-likeness (QED) is 0.362. The van der Waals surface area contributed by atoms with Gasteiger partial charge in [0.25, 0.3) is 0 Å². The van der Waals surface area contributed by atoms with Crippen LogP contribution in [0.5, 0.6) is 0 Å². The van der Waals surface area contributed by atoms with Gasteiger partial charge in [-0.3, -0.25) is 4.98 Å². The second-order valence-electron chi connectivity index (χ2n) is 4.49. The first-order chi connectivity index (χ1) is 9.46. The summed E-state index contributed by atoms with van der Waals surface area (Å²) < 4.78 is 27.1.